The van der Waals surface area contributed by atoms with E-state index in [9.17, 15) is 9.59 Å². The number of aryl methyl sites for hydroxylation is 2. The van der Waals surface area contributed by atoms with Gasteiger partial charge in [-0.3, -0.25) is 4.90 Å². The molecule has 11 nitrogen and oxygen atoms in total. The average Bonchev–Trinajstić information content (AvgIpc) is 3.35. The van der Waals surface area contributed by atoms with Crippen LogP contribution in [0.4, 0.5) is 25.5 Å². The zero-order valence-corrected chi connectivity index (χ0v) is 27.8. The number of imidazole rings is 1. The van der Waals surface area contributed by atoms with E-state index in [0.29, 0.717) is 48.7 Å². The molecule has 2 aromatic heterocycles. The Hall–Kier alpha value is -4.74. The number of ether oxygens (including phenoxy) is 2. The first-order valence-corrected chi connectivity index (χ1v) is 15.4. The number of amides is 2. The summed E-state index contributed by atoms with van der Waals surface area (Å²) in [5.74, 6) is 0.198. The molecule has 3 heterocycles. The van der Waals surface area contributed by atoms with Crippen molar-refractivity contribution in [3.05, 3.63) is 65.7 Å². The number of benzene rings is 2. The van der Waals surface area contributed by atoms with E-state index in [-0.39, 0.29) is 18.5 Å². The van der Waals surface area contributed by atoms with E-state index in [1.54, 1.807) is 55.7 Å². The van der Waals surface area contributed by atoms with E-state index in [1.807, 2.05) is 52.0 Å². The van der Waals surface area contributed by atoms with Gasteiger partial charge < -0.3 is 23.8 Å². The molecule has 2 aromatic carbocycles. The maximum absolute atomic E-state index is 15.1. The zero-order valence-electron chi connectivity index (χ0n) is 27.8. The van der Waals surface area contributed by atoms with Crippen molar-refractivity contribution in [3.8, 4) is 11.4 Å². The lowest BCUT2D eigenvalue weighted by Gasteiger charge is -2.36. The fraction of sp³-hybridized carbons (Fsp3) is 0.441. The van der Waals surface area contributed by atoms with Crippen LogP contribution >= 0.6 is 0 Å². The van der Waals surface area contributed by atoms with Gasteiger partial charge in [0.05, 0.1) is 12.9 Å². The minimum absolute atomic E-state index is 0.105. The number of hydrogen-bond donors (Lipinski definition) is 0. The first-order valence-electron chi connectivity index (χ1n) is 15.4. The Bertz CT molecular complexity index is 1730. The molecule has 1 aliphatic rings. The Morgan fingerprint density at radius 1 is 0.913 bits per heavy atom. The highest BCUT2D eigenvalue weighted by Crippen LogP contribution is 2.31. The number of halogens is 1. The van der Waals surface area contributed by atoms with Crippen molar-refractivity contribution in [3.63, 3.8) is 0 Å². The molecule has 0 saturated carbocycles. The third-order valence-electron chi connectivity index (χ3n) is 7.38. The second kappa shape index (κ2) is 12.6. The Labute approximate surface area is 268 Å². The van der Waals surface area contributed by atoms with Gasteiger partial charge >= 0.3 is 12.2 Å². The summed E-state index contributed by atoms with van der Waals surface area (Å²) in [5, 5.41) is 0. The predicted octanol–water partition coefficient (Wildman–Crippen LogP) is 6.48. The molecular formula is C34H42FN7O4. The van der Waals surface area contributed by atoms with Gasteiger partial charge in [-0.15, -0.1) is 0 Å². The standard InChI is InChI=1S/C34H42FN7O4/c1-22-9-10-24(26(35)19-22)20-42(32(44)46-34(5,6)7)30-27-29(36-21-39(27)8)37-28(38-30)23-11-13-25(14-12-23)40-15-17-41(18-16-40)31(43)45-33(2,3)4/h9-14,19,21H,15-18,20H2,1-8H3. The Kier molecular flexibility index (Phi) is 8.92. The van der Waals surface area contributed by atoms with E-state index < -0.39 is 23.1 Å². The molecule has 0 unspecified atom stereocenters. The van der Waals surface area contributed by atoms with Crippen LogP contribution in [0, 0.1) is 12.7 Å². The summed E-state index contributed by atoms with van der Waals surface area (Å²) in [6.07, 6.45) is 0.637. The van der Waals surface area contributed by atoms with Crippen molar-refractivity contribution in [2.75, 3.05) is 36.0 Å². The van der Waals surface area contributed by atoms with Crippen LogP contribution in [0.25, 0.3) is 22.6 Å². The molecule has 12 heteroatoms. The van der Waals surface area contributed by atoms with E-state index in [0.717, 1.165) is 16.8 Å². The lowest BCUT2D eigenvalue weighted by Crippen LogP contribution is -2.50. The van der Waals surface area contributed by atoms with E-state index in [4.69, 9.17) is 19.4 Å². The number of hydrogen-bond acceptors (Lipinski definition) is 8. The number of fused-ring (bicyclic) bond motifs is 1. The SMILES string of the molecule is Cc1ccc(CN(C(=O)OC(C)(C)C)c2nc(-c3ccc(N4CCN(C(=O)OC(C)(C)C)CC4)cc3)nc3ncn(C)c23)c(F)c1. The van der Waals surface area contributed by atoms with E-state index in [1.165, 1.54) is 11.0 Å². The maximum Gasteiger partial charge on any atom is 0.416 e. The molecule has 5 rings (SSSR count). The molecule has 46 heavy (non-hydrogen) atoms. The van der Waals surface area contributed by atoms with Gasteiger partial charge in [-0.1, -0.05) is 12.1 Å². The molecule has 244 valence electrons. The van der Waals surface area contributed by atoms with Crippen molar-refractivity contribution in [1.29, 1.82) is 0 Å². The summed E-state index contributed by atoms with van der Waals surface area (Å²) in [7, 11) is 1.79. The molecule has 0 bridgehead atoms. The monoisotopic (exact) mass is 631 g/mol. The number of carbonyl (C=O) groups excluding carboxylic acids is 2. The van der Waals surface area contributed by atoms with Crippen molar-refractivity contribution < 1.29 is 23.5 Å². The number of anilines is 2. The second-order valence-corrected chi connectivity index (χ2v) is 13.6. The van der Waals surface area contributed by atoms with Gasteiger partial charge in [0.2, 0.25) is 0 Å². The van der Waals surface area contributed by atoms with Crippen LogP contribution in [-0.4, -0.2) is 74.0 Å². The Morgan fingerprint density at radius 3 is 2.17 bits per heavy atom. The smallest absolute Gasteiger partial charge is 0.416 e. The van der Waals surface area contributed by atoms with Crippen LogP contribution in [-0.2, 0) is 23.1 Å². The largest absolute Gasteiger partial charge is 0.444 e. The highest BCUT2D eigenvalue weighted by Gasteiger charge is 2.30. The van der Waals surface area contributed by atoms with Gasteiger partial charge in [-0.2, -0.15) is 0 Å². The number of carbonyl (C=O) groups is 2. The molecular weight excluding hydrogens is 589 g/mol. The second-order valence-electron chi connectivity index (χ2n) is 13.6. The Balaban J connectivity index is 1.45. The third-order valence-corrected chi connectivity index (χ3v) is 7.38. The first kappa shape index (κ1) is 32.6. The van der Waals surface area contributed by atoms with Crippen LogP contribution in [0.5, 0.6) is 0 Å². The van der Waals surface area contributed by atoms with Gasteiger partial charge in [0, 0.05) is 50.0 Å². The predicted molar refractivity (Wildman–Crippen MR) is 175 cm³/mol. The molecule has 0 aliphatic carbocycles. The lowest BCUT2D eigenvalue weighted by molar-refractivity contribution is 0.0240. The minimum Gasteiger partial charge on any atom is -0.444 e. The number of nitrogens with zero attached hydrogens (tertiary/aromatic N) is 7. The molecule has 1 saturated heterocycles. The molecule has 4 aromatic rings. The van der Waals surface area contributed by atoms with Crippen LogP contribution in [0.1, 0.15) is 52.7 Å². The number of rotatable bonds is 5. The molecule has 0 N–H and O–H groups in total. The summed E-state index contributed by atoms with van der Waals surface area (Å²) in [4.78, 5) is 45.5. The summed E-state index contributed by atoms with van der Waals surface area (Å²) < 4.78 is 28.1. The Morgan fingerprint density at radius 2 is 1.57 bits per heavy atom. The van der Waals surface area contributed by atoms with Crippen molar-refractivity contribution >= 4 is 34.9 Å². The van der Waals surface area contributed by atoms with Crippen molar-refractivity contribution in [1.82, 2.24) is 24.4 Å². The molecule has 1 aliphatic heterocycles. The van der Waals surface area contributed by atoms with Gasteiger partial charge in [0.1, 0.15) is 22.5 Å². The molecule has 2 amide bonds. The van der Waals surface area contributed by atoms with Crippen molar-refractivity contribution in [2.45, 2.75) is 66.2 Å². The maximum atomic E-state index is 15.1. The normalized spacial score (nSPS) is 14.0. The first-order chi connectivity index (χ1) is 21.6. The zero-order chi connectivity index (χ0) is 33.4. The highest BCUT2D eigenvalue weighted by atomic mass is 19.1. The molecule has 0 radical (unpaired) electrons. The van der Waals surface area contributed by atoms with Crippen molar-refractivity contribution in [2.24, 2.45) is 7.05 Å². The fourth-order valence-electron chi connectivity index (χ4n) is 5.14. The quantitative estimate of drug-likeness (QED) is 0.247. The fourth-order valence-corrected chi connectivity index (χ4v) is 5.14. The van der Waals surface area contributed by atoms with Gasteiger partial charge in [0.25, 0.3) is 0 Å². The van der Waals surface area contributed by atoms with Gasteiger partial charge in [0.15, 0.2) is 17.3 Å². The summed E-state index contributed by atoms with van der Waals surface area (Å²) in [6, 6.07) is 12.7. The highest BCUT2D eigenvalue weighted by molar-refractivity contribution is 5.96. The topological polar surface area (TPSA) is 106 Å². The minimum atomic E-state index is -0.795. The number of piperazine rings is 1. The summed E-state index contributed by atoms with van der Waals surface area (Å²) in [5.41, 5.74) is 2.39. The summed E-state index contributed by atoms with van der Waals surface area (Å²) in [6.45, 7) is 15.1. The van der Waals surface area contributed by atoms with Crippen LogP contribution < -0.4 is 9.80 Å². The lowest BCUT2D eigenvalue weighted by atomic mass is 10.1. The van der Waals surface area contributed by atoms with Gasteiger partial charge in [-0.25, -0.2) is 28.9 Å². The molecule has 0 spiro atoms. The number of aromatic nitrogens is 4. The third kappa shape index (κ3) is 7.55. The van der Waals surface area contributed by atoms with E-state index >= 15 is 4.39 Å². The van der Waals surface area contributed by atoms with Crippen LogP contribution in [0.15, 0.2) is 48.8 Å². The van der Waals surface area contributed by atoms with Gasteiger partial charge in [-0.05, 0) is 84.4 Å². The van der Waals surface area contributed by atoms with Crippen LogP contribution in [0.3, 0.4) is 0 Å². The van der Waals surface area contributed by atoms with E-state index in [2.05, 4.69) is 9.88 Å². The molecule has 0 atom stereocenters. The van der Waals surface area contributed by atoms with Crippen LogP contribution in [0.2, 0.25) is 0 Å². The molecule has 1 fully saturated rings. The summed E-state index contributed by atoms with van der Waals surface area (Å²) >= 11 is 0. The average molecular weight is 632 g/mol.